The Morgan fingerprint density at radius 1 is 1.37 bits per heavy atom. The first-order valence-corrected chi connectivity index (χ1v) is 5.04. The number of benzene rings is 1. The molecule has 100 valence electrons. The number of hydrogen-bond acceptors (Lipinski definition) is 3. The lowest BCUT2D eigenvalue weighted by Gasteiger charge is -2.08. The maximum Gasteiger partial charge on any atom is 0.573 e. The molecule has 0 amide bonds. The first-order chi connectivity index (χ1) is 8.85. The number of hydrogen-bond donors (Lipinski definition) is 1. The van der Waals surface area contributed by atoms with Crippen LogP contribution in [0.2, 0.25) is 0 Å². The van der Waals surface area contributed by atoms with Gasteiger partial charge in [-0.1, -0.05) is 0 Å². The van der Waals surface area contributed by atoms with Gasteiger partial charge in [0.15, 0.2) is 0 Å². The summed E-state index contributed by atoms with van der Waals surface area (Å²) in [6.07, 6.45) is -1.42. The van der Waals surface area contributed by atoms with Crippen LogP contribution in [0.3, 0.4) is 0 Å². The van der Waals surface area contributed by atoms with E-state index in [2.05, 4.69) is 9.72 Å². The summed E-state index contributed by atoms with van der Waals surface area (Å²) < 4.78 is 40.1. The molecule has 0 saturated carbocycles. The van der Waals surface area contributed by atoms with E-state index in [-0.39, 0.29) is 5.75 Å². The smallest absolute Gasteiger partial charge is 0.406 e. The number of H-pyrrole nitrogens is 1. The fourth-order valence-corrected chi connectivity index (χ4v) is 1.60. The topological polar surface area (TPSA) is 68.2 Å². The molecule has 0 spiro atoms. The van der Waals surface area contributed by atoms with Crippen LogP contribution in [-0.4, -0.2) is 16.3 Å². The van der Waals surface area contributed by atoms with Gasteiger partial charge in [-0.25, -0.2) is 0 Å². The minimum Gasteiger partial charge on any atom is -0.406 e. The van der Waals surface area contributed by atoms with E-state index < -0.39 is 11.3 Å². The molecular weight excluding hydrogens is 265 g/mol. The number of aromatic nitrogens is 1. The van der Waals surface area contributed by atoms with E-state index >= 15 is 0 Å². The van der Waals surface area contributed by atoms with Crippen LogP contribution in [0.1, 0.15) is 5.56 Å². The Labute approximate surface area is 104 Å². The number of aromatic amines is 1. The summed E-state index contributed by atoms with van der Waals surface area (Å²) in [5.41, 5.74) is 0.955. The van der Waals surface area contributed by atoms with E-state index in [1.54, 1.807) is 0 Å². The van der Waals surface area contributed by atoms with Crippen LogP contribution in [0.4, 0.5) is 13.2 Å². The van der Waals surface area contributed by atoms with Gasteiger partial charge in [-0.2, -0.15) is 0 Å². The average Bonchev–Trinajstić information content (AvgIpc) is 2.66. The van der Waals surface area contributed by atoms with Gasteiger partial charge in [-0.05, 0) is 18.2 Å². The van der Waals surface area contributed by atoms with Crippen molar-refractivity contribution >= 4 is 17.0 Å². The molecule has 2 aromatic rings. The number of nitrogens with zero attached hydrogens (tertiary/aromatic N) is 1. The van der Waals surface area contributed by atoms with Gasteiger partial charge in [-0.3, -0.25) is 10.1 Å². The van der Waals surface area contributed by atoms with Crippen molar-refractivity contribution in [3.63, 3.8) is 0 Å². The summed E-state index contributed by atoms with van der Waals surface area (Å²) in [6.45, 7) is 0. The first kappa shape index (κ1) is 12.9. The molecule has 8 heteroatoms. The molecule has 0 aliphatic rings. The summed E-state index contributed by atoms with van der Waals surface area (Å²) in [6, 6.07) is 3.73. The van der Waals surface area contributed by atoms with Crippen molar-refractivity contribution in [3.8, 4) is 5.75 Å². The predicted molar refractivity (Wildman–Crippen MR) is 61.0 cm³/mol. The molecule has 0 unspecified atom stereocenters. The fourth-order valence-electron chi connectivity index (χ4n) is 1.60. The van der Waals surface area contributed by atoms with Gasteiger partial charge in [-0.15, -0.1) is 13.2 Å². The minimum absolute atomic E-state index is 0.379. The van der Waals surface area contributed by atoms with Crippen LogP contribution in [0.15, 0.2) is 30.6 Å². The normalized spacial score (nSPS) is 12.2. The Kier molecular flexibility index (Phi) is 3.16. The molecule has 0 aliphatic heterocycles. The summed E-state index contributed by atoms with van der Waals surface area (Å²) in [4.78, 5) is 12.4. The number of alkyl halides is 3. The number of ether oxygens (including phenoxy) is 1. The van der Waals surface area contributed by atoms with Gasteiger partial charge in [0.25, 0.3) is 0 Å². The monoisotopic (exact) mass is 272 g/mol. The Morgan fingerprint density at radius 2 is 2.11 bits per heavy atom. The van der Waals surface area contributed by atoms with Crippen LogP contribution in [0.25, 0.3) is 17.0 Å². The molecule has 0 aliphatic carbocycles. The third-order valence-corrected chi connectivity index (χ3v) is 2.29. The fraction of sp³-hybridized carbons (Fsp3) is 0.0909. The number of nitrogens with one attached hydrogen (secondary N) is 1. The van der Waals surface area contributed by atoms with E-state index in [1.165, 1.54) is 24.4 Å². The summed E-state index contributed by atoms with van der Waals surface area (Å²) in [5.74, 6) is -0.379. The number of rotatable bonds is 3. The van der Waals surface area contributed by atoms with Crippen molar-refractivity contribution in [2.45, 2.75) is 6.36 Å². The van der Waals surface area contributed by atoms with Crippen molar-refractivity contribution in [1.29, 1.82) is 0 Å². The van der Waals surface area contributed by atoms with Gasteiger partial charge < -0.3 is 9.72 Å². The molecule has 2 rings (SSSR count). The van der Waals surface area contributed by atoms with E-state index in [4.69, 9.17) is 0 Å². The van der Waals surface area contributed by atoms with E-state index in [0.717, 1.165) is 6.07 Å². The van der Waals surface area contributed by atoms with Gasteiger partial charge in [0.05, 0.1) is 4.92 Å². The second-order valence-electron chi connectivity index (χ2n) is 3.60. The van der Waals surface area contributed by atoms with Gasteiger partial charge in [0.2, 0.25) is 6.20 Å². The molecule has 19 heavy (non-hydrogen) atoms. The van der Waals surface area contributed by atoms with Crippen LogP contribution in [0, 0.1) is 10.1 Å². The Balaban J connectivity index is 2.40. The zero-order chi connectivity index (χ0) is 14.0. The summed E-state index contributed by atoms with van der Waals surface area (Å²) in [5, 5.41) is 10.6. The first-order valence-electron chi connectivity index (χ1n) is 5.04. The number of fused-ring (bicyclic) bond motifs is 1. The van der Waals surface area contributed by atoms with E-state index in [1.807, 2.05) is 0 Å². The zero-order valence-corrected chi connectivity index (χ0v) is 9.27. The standard InChI is InChI=1S/C11H7F3N2O3/c12-11(13,14)19-8-1-2-10-9(5-8)7(6-15-10)3-4-16(17)18/h1-6,15H. The highest BCUT2D eigenvalue weighted by Gasteiger charge is 2.31. The highest BCUT2D eigenvalue weighted by Crippen LogP contribution is 2.28. The Hall–Kier alpha value is -2.51. The third-order valence-electron chi connectivity index (χ3n) is 2.29. The largest absolute Gasteiger partial charge is 0.573 e. The van der Waals surface area contributed by atoms with Gasteiger partial charge >= 0.3 is 6.36 Å². The Morgan fingerprint density at radius 3 is 2.74 bits per heavy atom. The van der Waals surface area contributed by atoms with Gasteiger partial charge in [0.1, 0.15) is 5.75 Å². The molecule has 0 saturated heterocycles. The minimum atomic E-state index is -4.78. The molecule has 1 aromatic carbocycles. The van der Waals surface area contributed by atoms with Crippen molar-refractivity contribution < 1.29 is 22.8 Å². The van der Waals surface area contributed by atoms with Crippen LogP contribution in [0.5, 0.6) is 5.75 Å². The highest BCUT2D eigenvalue weighted by molar-refractivity contribution is 5.89. The lowest BCUT2D eigenvalue weighted by Crippen LogP contribution is -2.16. The molecule has 0 radical (unpaired) electrons. The quantitative estimate of drug-likeness (QED) is 0.688. The van der Waals surface area contributed by atoms with Crippen LogP contribution >= 0.6 is 0 Å². The average molecular weight is 272 g/mol. The molecule has 0 atom stereocenters. The second-order valence-corrected chi connectivity index (χ2v) is 3.60. The van der Waals surface area contributed by atoms with E-state index in [0.29, 0.717) is 22.7 Å². The summed E-state index contributed by atoms with van der Waals surface area (Å²) >= 11 is 0. The highest BCUT2D eigenvalue weighted by atomic mass is 19.4. The zero-order valence-electron chi connectivity index (χ0n) is 9.27. The molecule has 1 heterocycles. The van der Waals surface area contributed by atoms with Crippen LogP contribution in [-0.2, 0) is 0 Å². The van der Waals surface area contributed by atoms with E-state index in [9.17, 15) is 23.3 Å². The molecule has 0 bridgehead atoms. The maximum atomic E-state index is 12.1. The molecule has 1 N–H and O–H groups in total. The molecular formula is C11H7F3N2O3. The van der Waals surface area contributed by atoms with Crippen molar-refractivity contribution in [3.05, 3.63) is 46.3 Å². The lowest BCUT2D eigenvalue weighted by atomic mass is 10.1. The molecule has 5 nitrogen and oxygen atoms in total. The van der Waals surface area contributed by atoms with Crippen molar-refractivity contribution in [2.24, 2.45) is 0 Å². The second kappa shape index (κ2) is 4.63. The number of halogens is 3. The van der Waals surface area contributed by atoms with Crippen molar-refractivity contribution in [1.82, 2.24) is 4.98 Å². The molecule has 1 aromatic heterocycles. The van der Waals surface area contributed by atoms with Crippen molar-refractivity contribution in [2.75, 3.05) is 0 Å². The van der Waals surface area contributed by atoms with Crippen LogP contribution < -0.4 is 4.74 Å². The maximum absolute atomic E-state index is 12.1. The van der Waals surface area contributed by atoms with Gasteiger partial charge in [0, 0.05) is 28.7 Å². The Bertz CT molecular complexity index is 646. The predicted octanol–water partition coefficient (Wildman–Crippen LogP) is 3.31. The molecule has 0 fully saturated rings. The lowest BCUT2D eigenvalue weighted by molar-refractivity contribution is -0.400. The SMILES string of the molecule is O=[N+]([O-])C=Cc1c[nH]c2ccc(OC(F)(F)F)cc12. The summed E-state index contributed by atoms with van der Waals surface area (Å²) in [7, 11) is 0. The third kappa shape index (κ3) is 3.24. The number of nitro groups is 1.